The molecule has 1 heterocycles. The summed E-state index contributed by atoms with van der Waals surface area (Å²) in [5.74, 6) is 0.857. The van der Waals surface area contributed by atoms with E-state index in [0.717, 1.165) is 26.1 Å². The summed E-state index contributed by atoms with van der Waals surface area (Å²) in [5.41, 5.74) is 0. The Hall–Kier alpha value is -0.280. The third-order valence-electron chi connectivity index (χ3n) is 2.23. The van der Waals surface area contributed by atoms with Gasteiger partial charge in [-0.05, 0) is 31.8 Å². The summed E-state index contributed by atoms with van der Waals surface area (Å²) in [6.07, 6.45) is 2.81. The Labute approximate surface area is 86.1 Å². The van der Waals surface area contributed by atoms with Crippen molar-refractivity contribution in [3.63, 3.8) is 0 Å². The van der Waals surface area contributed by atoms with Gasteiger partial charge < -0.3 is 10.6 Å². The van der Waals surface area contributed by atoms with Crippen molar-refractivity contribution in [1.82, 2.24) is 10.6 Å². The van der Waals surface area contributed by atoms with E-state index in [2.05, 4.69) is 10.6 Å². The van der Waals surface area contributed by atoms with Gasteiger partial charge in [-0.15, -0.1) is 12.4 Å². The molecule has 0 bridgehead atoms. The average molecular weight is 207 g/mol. The van der Waals surface area contributed by atoms with Crippen molar-refractivity contribution in [3.05, 3.63) is 0 Å². The van der Waals surface area contributed by atoms with Gasteiger partial charge in [0.2, 0.25) is 5.91 Å². The van der Waals surface area contributed by atoms with E-state index in [-0.39, 0.29) is 18.3 Å². The number of nitrogens with one attached hydrogen (secondary N) is 2. The van der Waals surface area contributed by atoms with Crippen LogP contribution in [0.25, 0.3) is 0 Å². The zero-order chi connectivity index (χ0) is 8.81. The summed E-state index contributed by atoms with van der Waals surface area (Å²) in [5, 5.41) is 6.22. The van der Waals surface area contributed by atoms with Gasteiger partial charge in [-0.2, -0.15) is 0 Å². The Morgan fingerprint density at radius 2 is 2.38 bits per heavy atom. The third kappa shape index (κ3) is 5.11. The first-order valence-electron chi connectivity index (χ1n) is 4.80. The smallest absolute Gasteiger partial charge is 0.219 e. The normalized spacial score (nSPS) is 20.8. The van der Waals surface area contributed by atoms with Gasteiger partial charge in [0, 0.05) is 13.0 Å². The summed E-state index contributed by atoms with van der Waals surface area (Å²) in [4.78, 5) is 11.1. The minimum absolute atomic E-state index is 0. The molecule has 1 saturated heterocycles. The SMILES string of the molecule is CCCC(=O)NCC1CCNC1.Cl. The van der Waals surface area contributed by atoms with Crippen LogP contribution in [0, 0.1) is 5.92 Å². The lowest BCUT2D eigenvalue weighted by molar-refractivity contribution is -0.121. The Bertz CT molecular complexity index is 147. The molecule has 2 N–H and O–H groups in total. The number of rotatable bonds is 4. The lowest BCUT2D eigenvalue weighted by atomic mass is 10.1. The van der Waals surface area contributed by atoms with Crippen molar-refractivity contribution in [1.29, 1.82) is 0 Å². The second-order valence-electron chi connectivity index (χ2n) is 3.41. The topological polar surface area (TPSA) is 41.1 Å². The molecular formula is C9H19ClN2O. The minimum atomic E-state index is 0. The Balaban J connectivity index is 0.00000144. The molecule has 1 aliphatic rings. The summed E-state index contributed by atoms with van der Waals surface area (Å²) in [6.45, 7) is 5.04. The molecule has 13 heavy (non-hydrogen) atoms. The van der Waals surface area contributed by atoms with Crippen molar-refractivity contribution in [2.24, 2.45) is 5.92 Å². The molecule has 0 aromatic carbocycles. The second kappa shape index (κ2) is 7.15. The van der Waals surface area contributed by atoms with Gasteiger partial charge in [0.05, 0.1) is 0 Å². The fourth-order valence-corrected chi connectivity index (χ4v) is 1.46. The predicted octanol–water partition coefficient (Wildman–Crippen LogP) is 0.934. The largest absolute Gasteiger partial charge is 0.356 e. The molecule has 0 aliphatic carbocycles. The molecule has 0 saturated carbocycles. The maximum atomic E-state index is 11.1. The van der Waals surface area contributed by atoms with E-state index in [1.807, 2.05) is 6.92 Å². The fraction of sp³-hybridized carbons (Fsp3) is 0.889. The van der Waals surface area contributed by atoms with Crippen molar-refractivity contribution < 1.29 is 4.79 Å². The van der Waals surface area contributed by atoms with Gasteiger partial charge >= 0.3 is 0 Å². The molecule has 0 aromatic heterocycles. The van der Waals surface area contributed by atoms with Crippen molar-refractivity contribution in [2.45, 2.75) is 26.2 Å². The molecule has 1 aliphatic heterocycles. The summed E-state index contributed by atoms with van der Waals surface area (Å²) in [7, 11) is 0. The number of amides is 1. The van der Waals surface area contributed by atoms with E-state index < -0.39 is 0 Å². The van der Waals surface area contributed by atoms with E-state index in [1.54, 1.807) is 0 Å². The van der Waals surface area contributed by atoms with Gasteiger partial charge in [-0.3, -0.25) is 4.79 Å². The maximum absolute atomic E-state index is 11.1. The first-order valence-corrected chi connectivity index (χ1v) is 4.80. The molecule has 4 heteroatoms. The number of halogens is 1. The second-order valence-corrected chi connectivity index (χ2v) is 3.41. The van der Waals surface area contributed by atoms with Gasteiger partial charge in [0.1, 0.15) is 0 Å². The standard InChI is InChI=1S/C9H18N2O.ClH/c1-2-3-9(12)11-7-8-4-5-10-6-8;/h8,10H,2-7H2,1H3,(H,11,12);1H. The quantitative estimate of drug-likeness (QED) is 0.719. The summed E-state index contributed by atoms with van der Waals surface area (Å²) < 4.78 is 0. The van der Waals surface area contributed by atoms with Crippen LogP contribution in [-0.2, 0) is 4.79 Å². The molecule has 1 unspecified atom stereocenters. The zero-order valence-electron chi connectivity index (χ0n) is 8.14. The third-order valence-corrected chi connectivity index (χ3v) is 2.23. The highest BCUT2D eigenvalue weighted by molar-refractivity contribution is 5.85. The molecule has 1 fully saturated rings. The van der Waals surface area contributed by atoms with Crippen LogP contribution in [0.5, 0.6) is 0 Å². The Kier molecular flexibility index (Phi) is 7.00. The summed E-state index contributed by atoms with van der Waals surface area (Å²) >= 11 is 0. The predicted molar refractivity (Wildman–Crippen MR) is 56.1 cm³/mol. The van der Waals surface area contributed by atoms with Crippen molar-refractivity contribution >= 4 is 18.3 Å². The number of hydrogen-bond donors (Lipinski definition) is 2. The van der Waals surface area contributed by atoms with Crippen LogP contribution in [0.1, 0.15) is 26.2 Å². The van der Waals surface area contributed by atoms with Crippen LogP contribution >= 0.6 is 12.4 Å². The van der Waals surface area contributed by atoms with E-state index in [4.69, 9.17) is 0 Å². The molecular weight excluding hydrogens is 188 g/mol. The lowest BCUT2D eigenvalue weighted by Gasteiger charge is -2.08. The van der Waals surface area contributed by atoms with Gasteiger partial charge in [0.25, 0.3) is 0 Å². The first-order chi connectivity index (χ1) is 5.83. The highest BCUT2D eigenvalue weighted by atomic mass is 35.5. The Morgan fingerprint density at radius 1 is 1.62 bits per heavy atom. The molecule has 1 atom stereocenters. The van der Waals surface area contributed by atoms with E-state index in [1.165, 1.54) is 6.42 Å². The molecule has 1 amide bonds. The van der Waals surface area contributed by atoms with Gasteiger partial charge in [-0.25, -0.2) is 0 Å². The fourth-order valence-electron chi connectivity index (χ4n) is 1.46. The average Bonchev–Trinajstić information content (AvgIpc) is 2.53. The highest BCUT2D eigenvalue weighted by Crippen LogP contribution is 2.05. The number of carbonyl (C=O) groups excluding carboxylic acids is 1. The van der Waals surface area contributed by atoms with E-state index in [0.29, 0.717) is 12.3 Å². The van der Waals surface area contributed by atoms with E-state index >= 15 is 0 Å². The Morgan fingerprint density at radius 3 is 2.92 bits per heavy atom. The van der Waals surface area contributed by atoms with Gasteiger partial charge in [0.15, 0.2) is 0 Å². The van der Waals surface area contributed by atoms with Crippen LogP contribution in [-0.4, -0.2) is 25.5 Å². The molecule has 1 rings (SSSR count). The molecule has 0 radical (unpaired) electrons. The minimum Gasteiger partial charge on any atom is -0.356 e. The first kappa shape index (κ1) is 12.7. The van der Waals surface area contributed by atoms with Crippen molar-refractivity contribution in [2.75, 3.05) is 19.6 Å². The van der Waals surface area contributed by atoms with Crippen LogP contribution in [0.4, 0.5) is 0 Å². The monoisotopic (exact) mass is 206 g/mol. The number of hydrogen-bond acceptors (Lipinski definition) is 2. The maximum Gasteiger partial charge on any atom is 0.219 e. The molecule has 78 valence electrons. The number of carbonyl (C=O) groups is 1. The summed E-state index contributed by atoms with van der Waals surface area (Å²) in [6, 6.07) is 0. The zero-order valence-corrected chi connectivity index (χ0v) is 8.95. The lowest BCUT2D eigenvalue weighted by Crippen LogP contribution is -2.29. The molecule has 3 nitrogen and oxygen atoms in total. The van der Waals surface area contributed by atoms with Crippen molar-refractivity contribution in [3.8, 4) is 0 Å². The van der Waals surface area contributed by atoms with E-state index in [9.17, 15) is 4.79 Å². The van der Waals surface area contributed by atoms with Crippen LogP contribution in [0.2, 0.25) is 0 Å². The van der Waals surface area contributed by atoms with Crippen LogP contribution in [0.3, 0.4) is 0 Å². The van der Waals surface area contributed by atoms with Gasteiger partial charge in [-0.1, -0.05) is 6.92 Å². The molecule has 0 aromatic rings. The molecule has 0 spiro atoms. The highest BCUT2D eigenvalue weighted by Gasteiger charge is 2.14. The van der Waals surface area contributed by atoms with Crippen LogP contribution in [0.15, 0.2) is 0 Å². The van der Waals surface area contributed by atoms with Crippen LogP contribution < -0.4 is 10.6 Å².